The van der Waals surface area contributed by atoms with E-state index in [1.165, 1.54) is 12.3 Å². The van der Waals surface area contributed by atoms with Crippen LogP contribution in [0.25, 0.3) is 0 Å². The highest BCUT2D eigenvalue weighted by Crippen LogP contribution is 2.13. The molecular formula is C11H16N4O2S. The second kappa shape index (κ2) is 6.15. The van der Waals surface area contributed by atoms with Crippen LogP contribution >= 0.6 is 0 Å². The maximum Gasteiger partial charge on any atom is 0.189 e. The smallest absolute Gasteiger partial charge is 0.189 e. The molecule has 3 N–H and O–H groups in total. The average Bonchev–Trinajstić information content (AvgIpc) is 2.33. The van der Waals surface area contributed by atoms with Crippen molar-refractivity contribution in [2.45, 2.75) is 11.4 Å². The van der Waals surface area contributed by atoms with Crippen LogP contribution in [0.1, 0.15) is 5.69 Å². The summed E-state index contributed by atoms with van der Waals surface area (Å²) in [5, 5.41) is 2.79. The van der Waals surface area contributed by atoms with Crippen LogP contribution in [-0.2, 0) is 16.4 Å². The SMILES string of the molecule is C=CCNC(N)=NCc1ncccc1S(C)(=O)=O. The van der Waals surface area contributed by atoms with Crippen LogP contribution in [0.2, 0.25) is 0 Å². The highest BCUT2D eigenvalue weighted by molar-refractivity contribution is 7.90. The van der Waals surface area contributed by atoms with Gasteiger partial charge in [0.05, 0.1) is 17.1 Å². The van der Waals surface area contributed by atoms with Crippen LogP contribution in [0, 0.1) is 0 Å². The van der Waals surface area contributed by atoms with Gasteiger partial charge >= 0.3 is 0 Å². The van der Waals surface area contributed by atoms with Gasteiger partial charge in [0.25, 0.3) is 0 Å². The predicted octanol–water partition coefficient (Wildman–Crippen LogP) is 0.0754. The van der Waals surface area contributed by atoms with Crippen LogP contribution in [0.4, 0.5) is 0 Å². The lowest BCUT2D eigenvalue weighted by molar-refractivity contribution is 0.600. The molecule has 0 saturated heterocycles. The van der Waals surface area contributed by atoms with Gasteiger partial charge in [-0.05, 0) is 12.1 Å². The van der Waals surface area contributed by atoms with E-state index in [9.17, 15) is 8.42 Å². The van der Waals surface area contributed by atoms with E-state index >= 15 is 0 Å². The third kappa shape index (κ3) is 4.17. The van der Waals surface area contributed by atoms with E-state index < -0.39 is 9.84 Å². The Kier molecular flexibility index (Phi) is 4.85. The summed E-state index contributed by atoms with van der Waals surface area (Å²) in [6, 6.07) is 3.07. The molecule has 1 rings (SSSR count). The van der Waals surface area contributed by atoms with Gasteiger partial charge in [-0.25, -0.2) is 13.4 Å². The number of pyridine rings is 1. The Morgan fingerprint density at radius 3 is 3.00 bits per heavy atom. The summed E-state index contributed by atoms with van der Waals surface area (Å²) >= 11 is 0. The number of rotatable bonds is 5. The lowest BCUT2D eigenvalue weighted by atomic mass is 10.3. The molecule has 0 fully saturated rings. The van der Waals surface area contributed by atoms with E-state index in [2.05, 4.69) is 21.9 Å². The maximum absolute atomic E-state index is 11.5. The molecule has 0 atom stereocenters. The first-order valence-electron chi connectivity index (χ1n) is 5.23. The van der Waals surface area contributed by atoms with E-state index in [4.69, 9.17) is 5.73 Å². The molecule has 1 heterocycles. The first-order valence-corrected chi connectivity index (χ1v) is 7.13. The van der Waals surface area contributed by atoms with Crippen molar-refractivity contribution in [1.29, 1.82) is 0 Å². The van der Waals surface area contributed by atoms with Crippen molar-refractivity contribution in [3.05, 3.63) is 36.7 Å². The van der Waals surface area contributed by atoms with Crippen molar-refractivity contribution in [3.8, 4) is 0 Å². The summed E-state index contributed by atoms with van der Waals surface area (Å²) in [5.41, 5.74) is 5.96. The van der Waals surface area contributed by atoms with Crippen LogP contribution in [0.3, 0.4) is 0 Å². The molecule has 0 amide bonds. The third-order valence-corrected chi connectivity index (χ3v) is 3.25. The predicted molar refractivity (Wildman–Crippen MR) is 70.9 cm³/mol. The zero-order valence-electron chi connectivity index (χ0n) is 10.1. The van der Waals surface area contributed by atoms with Crippen LogP contribution < -0.4 is 11.1 Å². The highest BCUT2D eigenvalue weighted by atomic mass is 32.2. The molecule has 6 nitrogen and oxygen atoms in total. The number of nitrogens with zero attached hydrogens (tertiary/aromatic N) is 2. The van der Waals surface area contributed by atoms with E-state index in [0.29, 0.717) is 12.2 Å². The second-order valence-corrected chi connectivity index (χ2v) is 5.58. The van der Waals surface area contributed by atoms with Gasteiger partial charge in [-0.1, -0.05) is 6.08 Å². The first kappa shape index (κ1) is 14.2. The Hall–Kier alpha value is -1.89. The number of hydrogen-bond donors (Lipinski definition) is 2. The molecule has 0 aliphatic heterocycles. The molecule has 0 bridgehead atoms. The summed E-state index contributed by atoms with van der Waals surface area (Å²) in [5.74, 6) is 0.222. The van der Waals surface area contributed by atoms with Gasteiger partial charge in [-0.2, -0.15) is 0 Å². The molecular weight excluding hydrogens is 252 g/mol. The molecule has 7 heteroatoms. The molecule has 0 unspecified atom stereocenters. The number of nitrogens with one attached hydrogen (secondary N) is 1. The molecule has 18 heavy (non-hydrogen) atoms. The first-order chi connectivity index (χ1) is 8.45. The largest absolute Gasteiger partial charge is 0.370 e. The number of aromatic nitrogens is 1. The Balaban J connectivity index is 2.89. The van der Waals surface area contributed by atoms with Gasteiger partial charge in [0.2, 0.25) is 0 Å². The number of sulfone groups is 1. The fourth-order valence-electron chi connectivity index (χ4n) is 1.27. The number of nitrogens with two attached hydrogens (primary N) is 1. The van der Waals surface area contributed by atoms with Crippen molar-refractivity contribution >= 4 is 15.8 Å². The van der Waals surface area contributed by atoms with Crippen LogP contribution in [0.5, 0.6) is 0 Å². The van der Waals surface area contributed by atoms with E-state index in [0.717, 1.165) is 6.26 Å². The zero-order chi connectivity index (χ0) is 13.6. The fourth-order valence-corrected chi connectivity index (χ4v) is 2.14. The topological polar surface area (TPSA) is 97.4 Å². The number of hydrogen-bond acceptors (Lipinski definition) is 4. The quantitative estimate of drug-likeness (QED) is 0.447. The van der Waals surface area contributed by atoms with Gasteiger partial charge in [0.1, 0.15) is 0 Å². The summed E-state index contributed by atoms with van der Waals surface area (Å²) in [6.45, 7) is 4.14. The van der Waals surface area contributed by atoms with Crippen molar-refractivity contribution in [1.82, 2.24) is 10.3 Å². The standard InChI is InChI=1S/C11H16N4O2S/c1-3-6-14-11(12)15-8-9-10(18(2,16)17)5-4-7-13-9/h3-5,7H,1,6,8H2,2H3,(H3,12,14,15). The molecule has 98 valence electrons. The number of aliphatic imine (C=N–C) groups is 1. The normalized spacial score (nSPS) is 12.2. The minimum absolute atomic E-state index is 0.110. The van der Waals surface area contributed by atoms with Gasteiger partial charge < -0.3 is 11.1 Å². The zero-order valence-corrected chi connectivity index (χ0v) is 10.9. The van der Waals surface area contributed by atoms with Gasteiger partial charge in [-0.15, -0.1) is 6.58 Å². The summed E-state index contributed by atoms with van der Waals surface area (Å²) < 4.78 is 23.0. The molecule has 1 aromatic heterocycles. The monoisotopic (exact) mass is 268 g/mol. The van der Waals surface area contributed by atoms with Crippen molar-refractivity contribution < 1.29 is 8.42 Å². The van der Waals surface area contributed by atoms with Crippen LogP contribution in [0.15, 0.2) is 40.9 Å². The number of guanidine groups is 1. The van der Waals surface area contributed by atoms with Crippen molar-refractivity contribution in [2.75, 3.05) is 12.8 Å². The molecule has 1 aromatic rings. The molecule has 0 saturated carbocycles. The Morgan fingerprint density at radius 2 is 2.39 bits per heavy atom. The van der Waals surface area contributed by atoms with E-state index in [-0.39, 0.29) is 17.4 Å². The second-order valence-electron chi connectivity index (χ2n) is 3.59. The molecule has 0 aliphatic rings. The van der Waals surface area contributed by atoms with E-state index in [1.54, 1.807) is 12.1 Å². The molecule has 0 spiro atoms. The van der Waals surface area contributed by atoms with Crippen molar-refractivity contribution in [3.63, 3.8) is 0 Å². The third-order valence-electron chi connectivity index (χ3n) is 2.07. The Bertz CT molecular complexity index is 552. The summed E-state index contributed by atoms with van der Waals surface area (Å²) in [6.07, 6.45) is 4.30. The molecule has 0 aliphatic carbocycles. The van der Waals surface area contributed by atoms with Gasteiger partial charge in [-0.3, -0.25) is 4.98 Å². The van der Waals surface area contributed by atoms with Gasteiger partial charge in [0, 0.05) is 19.0 Å². The lowest BCUT2D eigenvalue weighted by Gasteiger charge is -2.05. The van der Waals surface area contributed by atoms with Crippen molar-refractivity contribution in [2.24, 2.45) is 10.7 Å². The fraction of sp³-hybridized carbons (Fsp3) is 0.273. The van der Waals surface area contributed by atoms with Crippen LogP contribution in [-0.4, -0.2) is 32.2 Å². The lowest BCUT2D eigenvalue weighted by Crippen LogP contribution is -2.31. The highest BCUT2D eigenvalue weighted by Gasteiger charge is 2.13. The van der Waals surface area contributed by atoms with E-state index in [1.807, 2.05) is 0 Å². The summed E-state index contributed by atoms with van der Waals surface area (Å²) in [7, 11) is -3.31. The Labute approximate surface area is 107 Å². The minimum Gasteiger partial charge on any atom is -0.370 e. The Morgan fingerprint density at radius 1 is 1.67 bits per heavy atom. The average molecular weight is 268 g/mol. The summed E-state index contributed by atoms with van der Waals surface area (Å²) in [4.78, 5) is 8.19. The van der Waals surface area contributed by atoms with Gasteiger partial charge in [0.15, 0.2) is 15.8 Å². The molecule has 0 radical (unpaired) electrons. The maximum atomic E-state index is 11.5. The minimum atomic E-state index is -3.31. The molecule has 0 aromatic carbocycles.